The molecule has 0 saturated carbocycles. The van der Waals surface area contributed by atoms with Gasteiger partial charge >= 0.3 is 0 Å². The van der Waals surface area contributed by atoms with Gasteiger partial charge in [0.1, 0.15) is 23.9 Å². The van der Waals surface area contributed by atoms with Crippen molar-refractivity contribution in [2.45, 2.75) is 64.3 Å². The van der Waals surface area contributed by atoms with Crippen LogP contribution >= 0.6 is 0 Å². The Balaban J connectivity index is 1.73. The van der Waals surface area contributed by atoms with Gasteiger partial charge in [0.25, 0.3) is 0 Å². The normalized spacial score (nSPS) is 16.6. The third-order valence-corrected chi connectivity index (χ3v) is 6.76. The Hall–Kier alpha value is -3.46. The molecule has 0 radical (unpaired) electrons. The highest BCUT2D eigenvalue weighted by Gasteiger charge is 2.36. The number of para-hydroxylation sites is 1. The Bertz CT molecular complexity index is 1200. The second-order valence-corrected chi connectivity index (χ2v) is 9.82. The lowest BCUT2D eigenvalue weighted by atomic mass is 9.98. The lowest BCUT2D eigenvalue weighted by Gasteiger charge is -2.35. The molecule has 1 N–H and O–H groups in total. The number of methoxy groups -OCH3 is 1. The van der Waals surface area contributed by atoms with E-state index in [1.807, 2.05) is 69.3 Å². The molecular formula is C27H35N5O4. The summed E-state index contributed by atoms with van der Waals surface area (Å²) in [5.41, 5.74) is 1.71. The first-order valence-corrected chi connectivity index (χ1v) is 12.5. The molecule has 1 aliphatic rings. The number of nitrogens with zero attached hydrogens (tertiary/aromatic N) is 4. The van der Waals surface area contributed by atoms with Gasteiger partial charge in [-0.1, -0.05) is 36.4 Å². The maximum absolute atomic E-state index is 13.9. The van der Waals surface area contributed by atoms with Gasteiger partial charge in [-0.15, -0.1) is 5.10 Å². The van der Waals surface area contributed by atoms with Crippen LogP contribution in [0.15, 0.2) is 48.5 Å². The molecule has 1 aromatic heterocycles. The van der Waals surface area contributed by atoms with E-state index < -0.39 is 11.6 Å². The molecule has 2 amide bonds. The van der Waals surface area contributed by atoms with Crippen molar-refractivity contribution in [1.82, 2.24) is 25.2 Å². The highest BCUT2D eigenvalue weighted by molar-refractivity contribution is 5.89. The molecule has 2 atom stereocenters. The van der Waals surface area contributed by atoms with E-state index >= 15 is 0 Å². The van der Waals surface area contributed by atoms with Gasteiger partial charge in [-0.05, 0) is 62.9 Å². The van der Waals surface area contributed by atoms with Crippen LogP contribution in [0.4, 0.5) is 0 Å². The van der Waals surface area contributed by atoms with Gasteiger partial charge in [-0.3, -0.25) is 9.59 Å². The van der Waals surface area contributed by atoms with Crippen LogP contribution in [0.25, 0.3) is 11.0 Å². The van der Waals surface area contributed by atoms with Crippen LogP contribution in [-0.4, -0.2) is 63.6 Å². The van der Waals surface area contributed by atoms with Crippen LogP contribution in [0.3, 0.4) is 0 Å². The van der Waals surface area contributed by atoms with Crippen LogP contribution in [0.2, 0.25) is 0 Å². The monoisotopic (exact) mass is 493 g/mol. The van der Waals surface area contributed by atoms with E-state index in [0.717, 1.165) is 24.8 Å². The van der Waals surface area contributed by atoms with Crippen molar-refractivity contribution in [2.75, 3.05) is 20.3 Å². The van der Waals surface area contributed by atoms with Crippen molar-refractivity contribution in [3.05, 3.63) is 54.1 Å². The molecule has 2 unspecified atom stereocenters. The average molecular weight is 494 g/mol. The number of ether oxygens (including phenoxy) is 2. The molecule has 1 aliphatic heterocycles. The second-order valence-electron chi connectivity index (χ2n) is 9.82. The van der Waals surface area contributed by atoms with Crippen LogP contribution in [0.5, 0.6) is 5.75 Å². The minimum Gasteiger partial charge on any atom is -0.497 e. The Morgan fingerprint density at radius 1 is 1.25 bits per heavy atom. The predicted octanol–water partition coefficient (Wildman–Crippen LogP) is 3.49. The second kappa shape index (κ2) is 11.1. The summed E-state index contributed by atoms with van der Waals surface area (Å²) < 4.78 is 12.9. The van der Waals surface area contributed by atoms with E-state index in [4.69, 9.17) is 9.47 Å². The zero-order chi connectivity index (χ0) is 25.7. The quantitative estimate of drug-likeness (QED) is 0.464. The lowest BCUT2D eigenvalue weighted by molar-refractivity contribution is -0.144. The predicted molar refractivity (Wildman–Crippen MR) is 136 cm³/mol. The first-order chi connectivity index (χ1) is 17.3. The number of aromatic nitrogens is 3. The highest BCUT2D eigenvalue weighted by Crippen LogP contribution is 2.28. The molecule has 9 heteroatoms. The molecule has 0 spiro atoms. The van der Waals surface area contributed by atoms with Crippen molar-refractivity contribution < 1.29 is 19.1 Å². The Morgan fingerprint density at radius 3 is 2.78 bits per heavy atom. The molecular weight excluding hydrogens is 458 g/mol. The van der Waals surface area contributed by atoms with E-state index in [-0.39, 0.29) is 24.5 Å². The summed E-state index contributed by atoms with van der Waals surface area (Å²) in [6, 6.07) is 14.0. The number of amides is 2. The van der Waals surface area contributed by atoms with Gasteiger partial charge < -0.3 is 19.7 Å². The lowest BCUT2D eigenvalue weighted by Crippen LogP contribution is -2.52. The molecule has 2 heterocycles. The van der Waals surface area contributed by atoms with E-state index in [1.165, 1.54) is 0 Å². The van der Waals surface area contributed by atoms with Gasteiger partial charge in [-0.2, -0.15) is 0 Å². The zero-order valence-electron chi connectivity index (χ0n) is 21.4. The molecule has 0 bridgehead atoms. The molecule has 2 aromatic carbocycles. The Labute approximate surface area is 211 Å². The summed E-state index contributed by atoms with van der Waals surface area (Å²) in [5.74, 6) is 0.134. The summed E-state index contributed by atoms with van der Waals surface area (Å²) in [5, 5.41) is 11.5. The minimum absolute atomic E-state index is 0.0435. The number of rotatable bonds is 10. The van der Waals surface area contributed by atoms with Gasteiger partial charge in [0.2, 0.25) is 11.8 Å². The molecule has 192 valence electrons. The number of fused-ring (bicyclic) bond motifs is 1. The maximum atomic E-state index is 13.9. The Morgan fingerprint density at radius 2 is 2.06 bits per heavy atom. The smallest absolute Gasteiger partial charge is 0.247 e. The summed E-state index contributed by atoms with van der Waals surface area (Å²) >= 11 is 0. The fourth-order valence-electron chi connectivity index (χ4n) is 4.39. The largest absolute Gasteiger partial charge is 0.497 e. The fraction of sp³-hybridized carbons (Fsp3) is 0.481. The topological polar surface area (TPSA) is 98.6 Å². The summed E-state index contributed by atoms with van der Waals surface area (Å²) in [6.07, 6.45) is 2.37. The Kier molecular flexibility index (Phi) is 7.88. The molecule has 9 nitrogen and oxygen atoms in total. The van der Waals surface area contributed by atoms with Crippen LogP contribution in [0.1, 0.15) is 51.6 Å². The molecule has 3 aromatic rings. The fourth-order valence-corrected chi connectivity index (χ4v) is 4.39. The SMILES string of the molecule is CCC(C)(C)NC(=O)C(c1cccc(OC)c1)N(CC1CCCO1)C(=O)Cn1nnc2ccccc21. The van der Waals surface area contributed by atoms with Crippen LogP contribution in [-0.2, 0) is 20.9 Å². The van der Waals surface area contributed by atoms with E-state index in [9.17, 15) is 9.59 Å². The first-order valence-electron chi connectivity index (χ1n) is 12.5. The number of nitrogens with one attached hydrogen (secondary N) is 1. The van der Waals surface area contributed by atoms with Gasteiger partial charge in [0.05, 0.1) is 18.7 Å². The number of benzene rings is 2. The highest BCUT2D eigenvalue weighted by atomic mass is 16.5. The third kappa shape index (κ3) is 5.84. The van der Waals surface area contributed by atoms with E-state index in [2.05, 4.69) is 15.6 Å². The number of carbonyl (C=O) groups excluding carboxylic acids is 2. The minimum atomic E-state index is -0.864. The number of hydrogen-bond donors (Lipinski definition) is 1. The van der Waals surface area contributed by atoms with Gasteiger partial charge in [-0.25, -0.2) is 4.68 Å². The molecule has 0 aliphatic carbocycles. The van der Waals surface area contributed by atoms with Gasteiger partial charge in [0, 0.05) is 18.7 Å². The van der Waals surface area contributed by atoms with Crippen molar-refractivity contribution in [3.63, 3.8) is 0 Å². The molecule has 1 fully saturated rings. The summed E-state index contributed by atoms with van der Waals surface area (Å²) in [7, 11) is 1.58. The number of carbonyl (C=O) groups is 2. The van der Waals surface area contributed by atoms with Crippen molar-refractivity contribution >= 4 is 22.8 Å². The van der Waals surface area contributed by atoms with E-state index in [1.54, 1.807) is 16.7 Å². The van der Waals surface area contributed by atoms with Crippen molar-refractivity contribution in [3.8, 4) is 5.75 Å². The van der Waals surface area contributed by atoms with Crippen molar-refractivity contribution in [1.29, 1.82) is 0 Å². The van der Waals surface area contributed by atoms with E-state index in [0.29, 0.717) is 30.0 Å². The summed E-state index contributed by atoms with van der Waals surface area (Å²) in [6.45, 7) is 6.87. The molecule has 4 rings (SSSR count). The molecule has 36 heavy (non-hydrogen) atoms. The van der Waals surface area contributed by atoms with Crippen molar-refractivity contribution in [2.24, 2.45) is 0 Å². The zero-order valence-corrected chi connectivity index (χ0v) is 21.4. The number of hydrogen-bond acceptors (Lipinski definition) is 6. The van der Waals surface area contributed by atoms with Gasteiger partial charge in [0.15, 0.2) is 0 Å². The maximum Gasteiger partial charge on any atom is 0.247 e. The van der Waals surface area contributed by atoms with Crippen LogP contribution in [0, 0.1) is 0 Å². The third-order valence-electron chi connectivity index (χ3n) is 6.76. The van der Waals surface area contributed by atoms with Crippen LogP contribution < -0.4 is 10.1 Å². The standard InChI is InChI=1S/C27H35N5O4/c1-5-27(2,3)28-26(34)25(19-10-8-11-20(16-19)35-4)31(17-21-12-9-15-36-21)24(33)18-32-23-14-7-6-13-22(23)29-30-32/h6-8,10-11,13-14,16,21,25H,5,9,12,15,17-18H2,1-4H3,(H,28,34). The average Bonchev–Trinajstić information content (AvgIpc) is 3.54. The summed E-state index contributed by atoms with van der Waals surface area (Å²) in [4.78, 5) is 29.4. The first kappa shape index (κ1) is 25.6. The molecule has 1 saturated heterocycles.